The van der Waals surface area contributed by atoms with Crippen LogP contribution in [0.25, 0.3) is 80.4 Å². The SMILES string of the molecule is [C-]#[N+]/C(C#N)=C1/c2cc(C#N)c(-c3ccc4nc(C#N)c(C#N)nc4c3)cc2-c2cc(-c3ccc4nc([N+]#[C-])c([N+]#[C-])nc4c3)c([N+]#[C-])cc21. The summed E-state index contributed by atoms with van der Waals surface area (Å²) in [6.07, 6.45) is 0. The van der Waals surface area contributed by atoms with Gasteiger partial charge in [0.05, 0.1) is 41.9 Å². The van der Waals surface area contributed by atoms with Gasteiger partial charge in [-0.1, -0.05) is 31.3 Å². The second-order valence-electron chi connectivity index (χ2n) is 10.7. The van der Waals surface area contributed by atoms with E-state index < -0.39 is 0 Å². The minimum atomic E-state index is -0.202. The monoisotopic (exact) mass is 634 g/mol. The number of nitrogens with zero attached hydrogens (tertiary/aromatic N) is 12. The van der Waals surface area contributed by atoms with E-state index >= 15 is 0 Å². The molecule has 2 heterocycles. The largest absolute Gasteiger partial charge is 0.370 e. The van der Waals surface area contributed by atoms with Gasteiger partial charge in [-0.25, -0.2) is 24.9 Å². The van der Waals surface area contributed by atoms with Crippen molar-refractivity contribution in [2.75, 3.05) is 0 Å². The lowest BCUT2D eigenvalue weighted by atomic mass is 9.92. The third-order valence-corrected chi connectivity index (χ3v) is 8.16. The van der Waals surface area contributed by atoms with Crippen LogP contribution in [0.5, 0.6) is 0 Å². The molecule has 0 atom stereocenters. The molecule has 0 fully saturated rings. The summed E-state index contributed by atoms with van der Waals surface area (Å²) in [5.74, 6) is -0.238. The summed E-state index contributed by atoms with van der Waals surface area (Å²) in [6.45, 7) is 30.5. The Morgan fingerprint density at radius 3 is 1.62 bits per heavy atom. The molecular weight excluding hydrogens is 625 g/mol. The Morgan fingerprint density at radius 1 is 0.520 bits per heavy atom. The van der Waals surface area contributed by atoms with Gasteiger partial charge in [0.2, 0.25) is 11.0 Å². The first-order valence-electron chi connectivity index (χ1n) is 14.3. The van der Waals surface area contributed by atoms with E-state index in [4.69, 9.17) is 26.3 Å². The number of fused-ring (bicyclic) bond motifs is 5. The predicted octanol–water partition coefficient (Wildman–Crippen LogP) is 8.36. The van der Waals surface area contributed by atoms with E-state index in [1.54, 1.807) is 60.7 Å². The molecule has 0 saturated carbocycles. The molecule has 6 aromatic rings. The molecule has 12 heteroatoms. The van der Waals surface area contributed by atoms with Gasteiger partial charge in [0.15, 0.2) is 17.1 Å². The van der Waals surface area contributed by atoms with Gasteiger partial charge < -0.3 is 9.69 Å². The lowest BCUT2D eigenvalue weighted by molar-refractivity contribution is 1.20. The molecule has 0 aliphatic heterocycles. The minimum absolute atomic E-state index is 0.0972. The molecule has 1 aliphatic carbocycles. The molecular formula is C38H10N12. The van der Waals surface area contributed by atoms with Crippen molar-refractivity contribution < 1.29 is 0 Å². The third kappa shape index (κ3) is 4.47. The Balaban J connectivity index is 1.49. The highest BCUT2D eigenvalue weighted by molar-refractivity contribution is 6.08. The molecule has 12 nitrogen and oxygen atoms in total. The molecule has 0 unspecified atom stereocenters. The van der Waals surface area contributed by atoms with Crippen molar-refractivity contribution in [3.8, 4) is 57.7 Å². The van der Waals surface area contributed by atoms with Crippen molar-refractivity contribution in [1.82, 2.24) is 19.9 Å². The number of hydrogen-bond acceptors (Lipinski definition) is 8. The first kappa shape index (κ1) is 29.9. The average molecular weight is 635 g/mol. The topological polar surface area (TPSA) is 164 Å². The number of nitriles is 4. The van der Waals surface area contributed by atoms with E-state index in [1.165, 1.54) is 0 Å². The highest BCUT2D eigenvalue weighted by Gasteiger charge is 2.30. The zero-order chi connectivity index (χ0) is 35.1. The summed E-state index contributed by atoms with van der Waals surface area (Å²) < 4.78 is 0. The number of aromatic nitrogens is 4. The minimum Gasteiger partial charge on any atom is -0.370 e. The van der Waals surface area contributed by atoms with Crippen molar-refractivity contribution >= 4 is 45.0 Å². The standard InChI is InChI=1S/C38H10N12/c1-43-30-14-27-25(13-23(30)20-6-8-29-32(11-20)50-38(46-4)37(45-3)49-29)24-12-22(21(15-39)9-26(24)36(27)35(18-42)44-2)19-5-7-28-31(10-19)48-34(17-41)33(16-40)47-28/h5-14H/b36-35-. The van der Waals surface area contributed by atoms with Crippen LogP contribution in [0.15, 0.2) is 66.4 Å². The molecule has 1 aliphatic rings. The van der Waals surface area contributed by atoms with Crippen LogP contribution >= 0.6 is 0 Å². The first-order valence-corrected chi connectivity index (χ1v) is 14.3. The Kier molecular flexibility index (Phi) is 6.90. The van der Waals surface area contributed by atoms with Gasteiger partial charge in [0, 0.05) is 11.1 Å². The fourth-order valence-electron chi connectivity index (χ4n) is 5.97. The molecule has 0 amide bonds. The Bertz CT molecular complexity index is 2770. The van der Waals surface area contributed by atoms with Gasteiger partial charge in [-0.15, -0.1) is 9.97 Å². The van der Waals surface area contributed by atoms with Gasteiger partial charge in [-0.3, -0.25) is 0 Å². The van der Waals surface area contributed by atoms with Crippen LogP contribution in [0.1, 0.15) is 28.1 Å². The second kappa shape index (κ2) is 11.5. The Hall–Kier alpha value is -8.78. The van der Waals surface area contributed by atoms with E-state index in [0.717, 1.165) is 0 Å². The maximum absolute atomic E-state index is 10.3. The maximum atomic E-state index is 10.3. The van der Waals surface area contributed by atoms with Crippen LogP contribution in [0.4, 0.5) is 17.3 Å². The molecule has 0 radical (unpaired) electrons. The van der Waals surface area contributed by atoms with E-state index in [1.807, 2.05) is 18.2 Å². The summed E-state index contributed by atoms with van der Waals surface area (Å²) >= 11 is 0. The summed E-state index contributed by atoms with van der Waals surface area (Å²) in [5.41, 5.74) is 6.20. The fraction of sp³-hybridized carbons (Fsp3) is 0. The van der Waals surface area contributed by atoms with Crippen molar-refractivity contribution in [3.05, 3.63) is 140 Å². The number of rotatable bonds is 2. The summed E-state index contributed by atoms with van der Waals surface area (Å²) in [5, 5.41) is 39.1. The maximum Gasteiger partial charge on any atom is 0.294 e. The van der Waals surface area contributed by atoms with E-state index in [9.17, 15) is 21.0 Å². The van der Waals surface area contributed by atoms with Crippen LogP contribution in [-0.4, -0.2) is 19.9 Å². The smallest absolute Gasteiger partial charge is 0.294 e. The van der Waals surface area contributed by atoms with Crippen LogP contribution in [0, 0.1) is 71.6 Å². The van der Waals surface area contributed by atoms with Crippen LogP contribution in [0.2, 0.25) is 0 Å². The van der Waals surface area contributed by atoms with Crippen molar-refractivity contribution in [1.29, 1.82) is 21.0 Å². The molecule has 0 bridgehead atoms. The molecule has 0 saturated heterocycles. The highest BCUT2D eigenvalue weighted by Crippen LogP contribution is 2.51. The molecule has 0 N–H and O–H groups in total. The molecule has 50 heavy (non-hydrogen) atoms. The first-order chi connectivity index (χ1) is 24.4. The third-order valence-electron chi connectivity index (χ3n) is 8.16. The molecule has 0 spiro atoms. The van der Waals surface area contributed by atoms with E-state index in [0.29, 0.717) is 72.1 Å². The van der Waals surface area contributed by atoms with Crippen LogP contribution < -0.4 is 0 Å². The molecule has 222 valence electrons. The molecule has 7 rings (SSSR count). The average Bonchev–Trinajstić information content (AvgIpc) is 3.47. The predicted molar refractivity (Wildman–Crippen MR) is 180 cm³/mol. The zero-order valence-corrected chi connectivity index (χ0v) is 25.1. The number of benzene rings is 4. The summed E-state index contributed by atoms with van der Waals surface area (Å²) in [6, 6.07) is 24.8. The number of allylic oxidation sites excluding steroid dienone is 1. The van der Waals surface area contributed by atoms with E-state index in [-0.39, 0.29) is 40.0 Å². The van der Waals surface area contributed by atoms with Gasteiger partial charge >= 0.3 is 0 Å². The molecule has 2 aromatic heterocycles. The van der Waals surface area contributed by atoms with Crippen LogP contribution in [-0.2, 0) is 0 Å². The van der Waals surface area contributed by atoms with Crippen molar-refractivity contribution in [3.63, 3.8) is 0 Å². The normalized spacial score (nSPS) is 11.7. The van der Waals surface area contributed by atoms with Crippen molar-refractivity contribution in [2.24, 2.45) is 0 Å². The van der Waals surface area contributed by atoms with E-state index in [2.05, 4.69) is 45.4 Å². The Labute approximate surface area is 283 Å². The summed E-state index contributed by atoms with van der Waals surface area (Å²) in [4.78, 5) is 31.0. The Morgan fingerprint density at radius 2 is 1.06 bits per heavy atom. The molecule has 4 aromatic carbocycles. The quantitative estimate of drug-likeness (QED) is 0.135. The lowest BCUT2D eigenvalue weighted by Gasteiger charge is -2.11. The van der Waals surface area contributed by atoms with Crippen LogP contribution in [0.3, 0.4) is 0 Å². The highest BCUT2D eigenvalue weighted by atomic mass is 15.0. The lowest BCUT2D eigenvalue weighted by Crippen LogP contribution is -1.96. The second-order valence-corrected chi connectivity index (χ2v) is 10.7. The summed E-state index contributed by atoms with van der Waals surface area (Å²) in [7, 11) is 0. The fourth-order valence-corrected chi connectivity index (χ4v) is 5.97. The zero-order valence-electron chi connectivity index (χ0n) is 25.1. The van der Waals surface area contributed by atoms with Gasteiger partial charge in [0.25, 0.3) is 17.3 Å². The van der Waals surface area contributed by atoms with Gasteiger partial charge in [0.1, 0.15) is 12.1 Å². The van der Waals surface area contributed by atoms with Gasteiger partial charge in [-0.2, -0.15) is 15.8 Å². The van der Waals surface area contributed by atoms with Gasteiger partial charge in [-0.05, 0) is 81.4 Å². The van der Waals surface area contributed by atoms with Crippen molar-refractivity contribution in [2.45, 2.75) is 0 Å². The number of hydrogen-bond donors (Lipinski definition) is 0.